The van der Waals surface area contributed by atoms with E-state index in [0.29, 0.717) is 36.9 Å². The van der Waals surface area contributed by atoms with Crippen LogP contribution in [0.3, 0.4) is 0 Å². The molecule has 9 heteroatoms. The lowest BCUT2D eigenvalue weighted by molar-refractivity contribution is -0.122. The number of nitrogens with one attached hydrogen (secondary N) is 1. The maximum atomic E-state index is 12.2. The number of methoxy groups -OCH3 is 2. The number of hydrogen-bond acceptors (Lipinski definition) is 7. The Kier molecular flexibility index (Phi) is 7.80. The fourth-order valence-corrected chi connectivity index (χ4v) is 2.91. The normalized spacial score (nSPS) is 10.5. The summed E-state index contributed by atoms with van der Waals surface area (Å²) in [6.07, 6.45) is 1.61. The van der Waals surface area contributed by atoms with Crippen LogP contribution in [-0.2, 0) is 17.8 Å². The average molecular weight is 425 g/mol. The maximum absolute atomic E-state index is 12.2. The lowest BCUT2D eigenvalue weighted by Crippen LogP contribution is -2.30. The van der Waals surface area contributed by atoms with Gasteiger partial charge in [0.1, 0.15) is 12.3 Å². The van der Waals surface area contributed by atoms with E-state index in [0.717, 1.165) is 23.3 Å². The highest BCUT2D eigenvalue weighted by molar-refractivity contribution is 5.75. The molecule has 0 spiro atoms. The van der Waals surface area contributed by atoms with Gasteiger partial charge in [-0.3, -0.25) is 4.79 Å². The van der Waals surface area contributed by atoms with Crippen LogP contribution >= 0.6 is 0 Å². The number of rotatable bonds is 11. The summed E-state index contributed by atoms with van der Waals surface area (Å²) in [6, 6.07) is 13.2. The monoisotopic (exact) mass is 425 g/mol. The first kappa shape index (κ1) is 22.1. The van der Waals surface area contributed by atoms with Gasteiger partial charge in [0.25, 0.3) is 0 Å². The molecule has 1 heterocycles. The van der Waals surface area contributed by atoms with Crippen LogP contribution in [0.15, 0.2) is 42.5 Å². The molecule has 0 atom stereocenters. The van der Waals surface area contributed by atoms with E-state index >= 15 is 0 Å². The summed E-state index contributed by atoms with van der Waals surface area (Å²) in [4.78, 5) is 13.5. The number of tetrazole rings is 1. The standard InChI is InChI=1S/C22H27N5O4/c1-4-13-31-18-8-6-17(7-9-18)22-24-26-27(25-22)15-21(28)23-12-11-16-5-10-19(29-2)20(14-16)30-3/h5-10,14H,4,11-13,15H2,1-3H3,(H,23,28). The first-order valence-electron chi connectivity index (χ1n) is 10.1. The molecular weight excluding hydrogens is 398 g/mol. The zero-order valence-corrected chi connectivity index (χ0v) is 18.0. The highest BCUT2D eigenvalue weighted by atomic mass is 16.5. The molecule has 1 amide bonds. The van der Waals surface area contributed by atoms with Gasteiger partial charge in [0.2, 0.25) is 11.7 Å². The van der Waals surface area contributed by atoms with Crippen LogP contribution in [0.2, 0.25) is 0 Å². The van der Waals surface area contributed by atoms with Crippen molar-refractivity contribution in [2.45, 2.75) is 26.3 Å². The van der Waals surface area contributed by atoms with Crippen molar-refractivity contribution in [3.05, 3.63) is 48.0 Å². The van der Waals surface area contributed by atoms with Gasteiger partial charge >= 0.3 is 0 Å². The van der Waals surface area contributed by atoms with Crippen LogP contribution < -0.4 is 19.5 Å². The number of hydrogen-bond donors (Lipinski definition) is 1. The summed E-state index contributed by atoms with van der Waals surface area (Å²) in [7, 11) is 3.19. The molecule has 0 radical (unpaired) electrons. The summed E-state index contributed by atoms with van der Waals surface area (Å²) in [5.74, 6) is 2.40. The van der Waals surface area contributed by atoms with Crippen molar-refractivity contribution in [2.75, 3.05) is 27.4 Å². The van der Waals surface area contributed by atoms with Gasteiger partial charge < -0.3 is 19.5 Å². The first-order chi connectivity index (χ1) is 15.1. The summed E-state index contributed by atoms with van der Waals surface area (Å²) >= 11 is 0. The highest BCUT2D eigenvalue weighted by Crippen LogP contribution is 2.27. The number of amides is 1. The maximum Gasteiger partial charge on any atom is 0.243 e. The predicted octanol–water partition coefficient (Wildman–Crippen LogP) is 2.51. The van der Waals surface area contributed by atoms with Crippen molar-refractivity contribution in [1.82, 2.24) is 25.5 Å². The van der Waals surface area contributed by atoms with Gasteiger partial charge in [-0.15, -0.1) is 10.2 Å². The van der Waals surface area contributed by atoms with E-state index in [1.165, 1.54) is 4.80 Å². The summed E-state index contributed by atoms with van der Waals surface area (Å²) < 4.78 is 16.1. The lowest BCUT2D eigenvalue weighted by atomic mass is 10.1. The van der Waals surface area contributed by atoms with E-state index in [2.05, 4.69) is 27.7 Å². The van der Waals surface area contributed by atoms with Gasteiger partial charge in [0.05, 0.1) is 20.8 Å². The number of nitrogens with zero attached hydrogens (tertiary/aromatic N) is 4. The minimum Gasteiger partial charge on any atom is -0.494 e. The Hall–Kier alpha value is -3.62. The molecule has 3 rings (SSSR count). The smallest absolute Gasteiger partial charge is 0.243 e. The topological polar surface area (TPSA) is 100 Å². The van der Waals surface area contributed by atoms with Crippen LogP contribution in [0.25, 0.3) is 11.4 Å². The van der Waals surface area contributed by atoms with Crippen LogP contribution in [0.1, 0.15) is 18.9 Å². The van der Waals surface area contributed by atoms with Crippen LogP contribution in [0, 0.1) is 0 Å². The minimum atomic E-state index is -0.187. The molecule has 31 heavy (non-hydrogen) atoms. The molecule has 9 nitrogen and oxygen atoms in total. The van der Waals surface area contributed by atoms with Gasteiger partial charge in [-0.1, -0.05) is 13.0 Å². The summed E-state index contributed by atoms with van der Waals surface area (Å²) in [5, 5.41) is 15.1. The van der Waals surface area contributed by atoms with Crippen LogP contribution in [0.4, 0.5) is 0 Å². The molecular formula is C22H27N5O4. The number of ether oxygens (including phenoxy) is 3. The van der Waals surface area contributed by atoms with E-state index in [1.807, 2.05) is 42.5 Å². The van der Waals surface area contributed by atoms with Gasteiger partial charge in [0.15, 0.2) is 11.5 Å². The number of carbonyl (C=O) groups is 1. The third-order valence-corrected chi connectivity index (χ3v) is 4.51. The fourth-order valence-electron chi connectivity index (χ4n) is 2.91. The molecule has 1 aromatic heterocycles. The van der Waals surface area contributed by atoms with Gasteiger partial charge in [-0.25, -0.2) is 0 Å². The summed E-state index contributed by atoms with van der Waals surface area (Å²) in [6.45, 7) is 3.21. The molecule has 0 aliphatic carbocycles. The average Bonchev–Trinajstić information content (AvgIpc) is 3.26. The van der Waals surface area contributed by atoms with E-state index < -0.39 is 0 Å². The Bertz CT molecular complexity index is 988. The molecule has 0 saturated heterocycles. The fraction of sp³-hybridized carbons (Fsp3) is 0.364. The second-order valence-corrected chi connectivity index (χ2v) is 6.81. The Labute approximate surface area is 181 Å². The van der Waals surface area contributed by atoms with Gasteiger partial charge in [0, 0.05) is 12.1 Å². The van der Waals surface area contributed by atoms with E-state index in [1.54, 1.807) is 14.2 Å². The lowest BCUT2D eigenvalue weighted by Gasteiger charge is -2.10. The van der Waals surface area contributed by atoms with Crippen LogP contribution in [-0.4, -0.2) is 53.5 Å². The Morgan fingerprint density at radius 3 is 2.55 bits per heavy atom. The number of carbonyl (C=O) groups excluding carboxylic acids is 1. The van der Waals surface area contributed by atoms with E-state index in [4.69, 9.17) is 14.2 Å². The number of benzene rings is 2. The molecule has 0 fully saturated rings. The second kappa shape index (κ2) is 11.0. The number of aromatic nitrogens is 4. The molecule has 164 valence electrons. The zero-order valence-electron chi connectivity index (χ0n) is 18.0. The van der Waals surface area contributed by atoms with Crippen molar-refractivity contribution < 1.29 is 19.0 Å². The molecule has 0 unspecified atom stereocenters. The zero-order chi connectivity index (χ0) is 22.1. The van der Waals surface area contributed by atoms with Crippen LogP contribution in [0.5, 0.6) is 17.2 Å². The second-order valence-electron chi connectivity index (χ2n) is 6.81. The van der Waals surface area contributed by atoms with Crippen molar-refractivity contribution in [3.63, 3.8) is 0 Å². The molecule has 3 aromatic rings. The highest BCUT2D eigenvalue weighted by Gasteiger charge is 2.10. The van der Waals surface area contributed by atoms with Gasteiger partial charge in [-0.05, 0) is 60.0 Å². The quantitative estimate of drug-likeness (QED) is 0.504. The predicted molar refractivity (Wildman–Crippen MR) is 115 cm³/mol. The SMILES string of the molecule is CCCOc1ccc(-c2nnn(CC(=O)NCCc3ccc(OC)c(OC)c3)n2)cc1. The third kappa shape index (κ3) is 6.18. The first-order valence-corrected chi connectivity index (χ1v) is 10.1. The molecule has 1 N–H and O–H groups in total. The van der Waals surface area contributed by atoms with Crippen molar-refractivity contribution >= 4 is 5.91 Å². The van der Waals surface area contributed by atoms with Crippen molar-refractivity contribution in [3.8, 4) is 28.6 Å². The van der Waals surface area contributed by atoms with E-state index in [-0.39, 0.29) is 12.5 Å². The largest absolute Gasteiger partial charge is 0.494 e. The van der Waals surface area contributed by atoms with Crippen molar-refractivity contribution in [1.29, 1.82) is 0 Å². The molecule has 0 saturated carbocycles. The Morgan fingerprint density at radius 1 is 1.06 bits per heavy atom. The minimum absolute atomic E-state index is 0.00334. The molecule has 0 bridgehead atoms. The third-order valence-electron chi connectivity index (χ3n) is 4.51. The van der Waals surface area contributed by atoms with Gasteiger partial charge in [-0.2, -0.15) is 4.80 Å². The Morgan fingerprint density at radius 2 is 1.84 bits per heavy atom. The summed E-state index contributed by atoms with van der Waals surface area (Å²) in [5.41, 5.74) is 1.84. The molecule has 2 aromatic carbocycles. The van der Waals surface area contributed by atoms with Crippen molar-refractivity contribution in [2.24, 2.45) is 0 Å². The Balaban J connectivity index is 1.48. The molecule has 0 aliphatic heterocycles. The molecule has 0 aliphatic rings. The van der Waals surface area contributed by atoms with E-state index in [9.17, 15) is 4.79 Å².